The van der Waals surface area contributed by atoms with Crippen molar-refractivity contribution in [1.29, 1.82) is 0 Å². The number of esters is 3. The molecular weight excluding hydrogens is 865 g/mol. The van der Waals surface area contributed by atoms with Gasteiger partial charge < -0.3 is 14.2 Å². The van der Waals surface area contributed by atoms with E-state index < -0.39 is 6.10 Å². The molecule has 0 heterocycles. The van der Waals surface area contributed by atoms with E-state index in [2.05, 4.69) is 45.1 Å². The van der Waals surface area contributed by atoms with Gasteiger partial charge in [-0.2, -0.15) is 0 Å². The first kappa shape index (κ1) is 67.9. The molecule has 0 aromatic heterocycles. The SMILES string of the molecule is CCCCCCC/C=C\CCCCCCCC(=O)OC(COC(=O)CCCCCCCCC)COC(=O)CCCCCCCCCCCCCCCCCCCCC/C=C\CCCCCCCCCC. The van der Waals surface area contributed by atoms with Crippen LogP contribution in [0.2, 0.25) is 0 Å². The second kappa shape index (κ2) is 59.5. The molecule has 0 aliphatic heterocycles. The topological polar surface area (TPSA) is 78.9 Å². The molecule has 412 valence electrons. The molecule has 0 aromatic carbocycles. The van der Waals surface area contributed by atoms with Gasteiger partial charge in [0.1, 0.15) is 13.2 Å². The van der Waals surface area contributed by atoms with Gasteiger partial charge >= 0.3 is 17.9 Å². The molecule has 0 amide bonds. The Morgan fingerprint density at radius 1 is 0.271 bits per heavy atom. The van der Waals surface area contributed by atoms with Crippen molar-refractivity contribution in [3.63, 3.8) is 0 Å². The largest absolute Gasteiger partial charge is 0.462 e. The molecule has 0 saturated heterocycles. The zero-order valence-electron chi connectivity index (χ0n) is 47.3. The monoisotopic (exact) mass is 985 g/mol. The van der Waals surface area contributed by atoms with E-state index in [1.165, 1.54) is 244 Å². The smallest absolute Gasteiger partial charge is 0.306 e. The molecule has 0 rings (SSSR count). The summed E-state index contributed by atoms with van der Waals surface area (Å²) in [7, 11) is 0. The van der Waals surface area contributed by atoms with E-state index in [1.54, 1.807) is 0 Å². The molecule has 70 heavy (non-hydrogen) atoms. The lowest BCUT2D eigenvalue weighted by Crippen LogP contribution is -2.30. The van der Waals surface area contributed by atoms with Gasteiger partial charge in [-0.25, -0.2) is 0 Å². The second-order valence-corrected chi connectivity index (χ2v) is 21.3. The minimum atomic E-state index is -0.769. The number of unbranched alkanes of at least 4 members (excludes halogenated alkanes) is 43. The molecule has 6 heteroatoms. The normalized spacial score (nSPS) is 12.1. The van der Waals surface area contributed by atoms with Crippen LogP contribution < -0.4 is 0 Å². The Hall–Kier alpha value is -2.11. The molecule has 0 aliphatic carbocycles. The number of carbonyl (C=O) groups excluding carboxylic acids is 3. The number of carbonyl (C=O) groups is 3. The summed E-state index contributed by atoms with van der Waals surface area (Å²) < 4.78 is 16.8. The van der Waals surface area contributed by atoms with Gasteiger partial charge in [-0.3, -0.25) is 14.4 Å². The van der Waals surface area contributed by atoms with Gasteiger partial charge in [0.2, 0.25) is 0 Å². The van der Waals surface area contributed by atoms with Crippen molar-refractivity contribution in [3.8, 4) is 0 Å². The zero-order valence-corrected chi connectivity index (χ0v) is 47.3. The molecule has 0 aromatic rings. The van der Waals surface area contributed by atoms with Crippen molar-refractivity contribution in [1.82, 2.24) is 0 Å². The summed E-state index contributed by atoms with van der Waals surface area (Å²) in [4.78, 5) is 37.9. The Morgan fingerprint density at radius 2 is 0.471 bits per heavy atom. The predicted molar refractivity (Wildman–Crippen MR) is 303 cm³/mol. The van der Waals surface area contributed by atoms with Crippen molar-refractivity contribution in [3.05, 3.63) is 24.3 Å². The van der Waals surface area contributed by atoms with Crippen LogP contribution in [0.5, 0.6) is 0 Å². The first-order valence-corrected chi connectivity index (χ1v) is 31.3. The summed E-state index contributed by atoms with van der Waals surface area (Å²) >= 11 is 0. The molecule has 0 N–H and O–H groups in total. The first-order chi connectivity index (χ1) is 34.5. The van der Waals surface area contributed by atoms with Crippen molar-refractivity contribution < 1.29 is 28.6 Å². The van der Waals surface area contributed by atoms with E-state index in [4.69, 9.17) is 14.2 Å². The maximum Gasteiger partial charge on any atom is 0.306 e. The molecule has 1 unspecified atom stereocenters. The van der Waals surface area contributed by atoms with Crippen molar-refractivity contribution in [2.24, 2.45) is 0 Å². The van der Waals surface area contributed by atoms with E-state index in [1.807, 2.05) is 0 Å². The number of hydrogen-bond acceptors (Lipinski definition) is 6. The van der Waals surface area contributed by atoms with E-state index >= 15 is 0 Å². The highest BCUT2D eigenvalue weighted by atomic mass is 16.6. The predicted octanol–water partition coefficient (Wildman–Crippen LogP) is 21.1. The average Bonchev–Trinajstić information content (AvgIpc) is 3.36. The van der Waals surface area contributed by atoms with Crippen molar-refractivity contribution in [2.75, 3.05) is 13.2 Å². The molecule has 0 saturated carbocycles. The first-order valence-electron chi connectivity index (χ1n) is 31.3. The maximum atomic E-state index is 12.8. The standard InChI is InChI=1S/C64H120O6/c1-4-7-10-13-16-18-20-22-24-25-26-27-28-29-30-31-32-33-34-35-36-37-38-39-40-42-43-45-48-51-54-57-63(66)69-60-61(59-68-62(65)56-53-50-47-15-12-9-6-3)70-64(67)58-55-52-49-46-44-41-23-21-19-17-14-11-8-5-2/h21,23,25-26,61H,4-20,22,24,27-60H2,1-3H3/b23-21-,26-25-. The van der Waals surface area contributed by atoms with Crippen LogP contribution in [0.1, 0.15) is 348 Å². The third kappa shape index (κ3) is 56.8. The van der Waals surface area contributed by atoms with Crippen LogP contribution in [-0.4, -0.2) is 37.2 Å². The van der Waals surface area contributed by atoms with Gasteiger partial charge in [0, 0.05) is 19.3 Å². The van der Waals surface area contributed by atoms with Crippen LogP contribution in [0.4, 0.5) is 0 Å². The summed E-state index contributed by atoms with van der Waals surface area (Å²) in [5, 5.41) is 0. The Bertz CT molecular complexity index is 1130. The summed E-state index contributed by atoms with van der Waals surface area (Å²) in [6.45, 7) is 6.63. The van der Waals surface area contributed by atoms with Crippen LogP contribution in [0.25, 0.3) is 0 Å². The van der Waals surface area contributed by atoms with Crippen LogP contribution in [0.3, 0.4) is 0 Å². The highest BCUT2D eigenvalue weighted by molar-refractivity contribution is 5.71. The maximum absolute atomic E-state index is 12.8. The number of hydrogen-bond donors (Lipinski definition) is 0. The quantitative estimate of drug-likeness (QED) is 0.0261. The van der Waals surface area contributed by atoms with Crippen LogP contribution in [-0.2, 0) is 28.6 Å². The number of ether oxygens (including phenoxy) is 3. The third-order valence-electron chi connectivity index (χ3n) is 14.2. The highest BCUT2D eigenvalue weighted by Gasteiger charge is 2.19. The lowest BCUT2D eigenvalue weighted by molar-refractivity contribution is -0.167. The summed E-state index contributed by atoms with van der Waals surface area (Å²) in [5.74, 6) is -0.866. The fraction of sp³-hybridized carbons (Fsp3) is 0.891. The molecule has 0 aliphatic rings. The van der Waals surface area contributed by atoms with Crippen LogP contribution in [0, 0.1) is 0 Å². The second-order valence-electron chi connectivity index (χ2n) is 21.3. The minimum Gasteiger partial charge on any atom is -0.462 e. The van der Waals surface area contributed by atoms with Crippen molar-refractivity contribution in [2.45, 2.75) is 354 Å². The lowest BCUT2D eigenvalue weighted by atomic mass is 10.0. The summed E-state index contributed by atoms with van der Waals surface area (Å²) in [6.07, 6.45) is 70.9. The van der Waals surface area contributed by atoms with Gasteiger partial charge in [-0.15, -0.1) is 0 Å². The van der Waals surface area contributed by atoms with Gasteiger partial charge in [0.05, 0.1) is 0 Å². The molecule has 0 bridgehead atoms. The molecule has 1 atom stereocenters. The fourth-order valence-electron chi connectivity index (χ4n) is 9.44. The van der Waals surface area contributed by atoms with Gasteiger partial charge in [-0.05, 0) is 70.6 Å². The van der Waals surface area contributed by atoms with E-state index in [-0.39, 0.29) is 31.1 Å². The van der Waals surface area contributed by atoms with E-state index in [0.717, 1.165) is 64.2 Å². The van der Waals surface area contributed by atoms with Gasteiger partial charge in [0.25, 0.3) is 0 Å². The Morgan fingerprint density at radius 3 is 0.714 bits per heavy atom. The van der Waals surface area contributed by atoms with Crippen molar-refractivity contribution >= 4 is 17.9 Å². The molecule has 0 spiro atoms. The Kier molecular flexibility index (Phi) is 57.7. The minimum absolute atomic E-state index is 0.0698. The summed E-state index contributed by atoms with van der Waals surface area (Å²) in [6, 6.07) is 0. The average molecular weight is 986 g/mol. The molecular formula is C64H120O6. The molecule has 0 radical (unpaired) electrons. The third-order valence-corrected chi connectivity index (χ3v) is 14.2. The molecule has 6 nitrogen and oxygen atoms in total. The lowest BCUT2D eigenvalue weighted by Gasteiger charge is -2.18. The van der Waals surface area contributed by atoms with Gasteiger partial charge in [0.15, 0.2) is 6.10 Å². The van der Waals surface area contributed by atoms with E-state index in [9.17, 15) is 14.4 Å². The number of rotatable bonds is 58. The summed E-state index contributed by atoms with van der Waals surface area (Å²) in [5.41, 5.74) is 0. The highest BCUT2D eigenvalue weighted by Crippen LogP contribution is 2.17. The fourth-order valence-corrected chi connectivity index (χ4v) is 9.44. The van der Waals surface area contributed by atoms with E-state index in [0.29, 0.717) is 19.3 Å². The van der Waals surface area contributed by atoms with Crippen LogP contribution in [0.15, 0.2) is 24.3 Å². The molecule has 0 fully saturated rings. The Balaban J connectivity index is 3.96. The van der Waals surface area contributed by atoms with Crippen LogP contribution >= 0.6 is 0 Å². The van der Waals surface area contributed by atoms with Gasteiger partial charge in [-0.1, -0.05) is 283 Å². The number of allylic oxidation sites excluding steroid dienone is 4. The zero-order chi connectivity index (χ0) is 50.7. The Labute approximate surface area is 436 Å².